The van der Waals surface area contributed by atoms with Crippen LogP contribution in [0.2, 0.25) is 0 Å². The zero-order valence-corrected chi connectivity index (χ0v) is 6.37. The molecule has 0 unspecified atom stereocenters. The Labute approximate surface area is 73.0 Å². The quantitative estimate of drug-likeness (QED) is 0.542. The number of nitrogens with one attached hydrogen (secondary N) is 2. The Balaban J connectivity index is 2.76. The van der Waals surface area contributed by atoms with Crippen molar-refractivity contribution in [3.05, 3.63) is 11.8 Å². The highest BCUT2D eigenvalue weighted by molar-refractivity contribution is 6.03. The number of nitrogens with zero attached hydrogens (tertiary/aromatic N) is 1. The number of hydrogen-bond donors (Lipinski definition) is 3. The minimum atomic E-state index is -1.16. The summed E-state index contributed by atoms with van der Waals surface area (Å²) in [5, 5.41) is 16.3. The zero-order valence-electron chi connectivity index (χ0n) is 6.37. The van der Waals surface area contributed by atoms with Crippen LogP contribution in [0, 0.1) is 12.3 Å². The van der Waals surface area contributed by atoms with Crippen LogP contribution in [0.4, 0.5) is 5.82 Å². The minimum Gasteiger partial charge on any atom is -0.477 e. The Kier molecular flexibility index (Phi) is 2.31. The van der Waals surface area contributed by atoms with Crippen LogP contribution in [0.25, 0.3) is 0 Å². The van der Waals surface area contributed by atoms with Crippen molar-refractivity contribution in [2.45, 2.75) is 0 Å². The Bertz CT molecular complexity index is 388. The second-order valence-corrected chi connectivity index (χ2v) is 2.07. The summed E-state index contributed by atoms with van der Waals surface area (Å²) in [4.78, 5) is 21.0. The second kappa shape index (κ2) is 3.40. The van der Waals surface area contributed by atoms with Gasteiger partial charge in [0.15, 0.2) is 5.82 Å². The van der Waals surface area contributed by atoms with Gasteiger partial charge in [0.05, 0.1) is 0 Å². The first kappa shape index (κ1) is 8.80. The van der Waals surface area contributed by atoms with Crippen LogP contribution >= 0.6 is 0 Å². The van der Waals surface area contributed by atoms with E-state index in [1.807, 2.05) is 0 Å². The van der Waals surface area contributed by atoms with E-state index in [4.69, 9.17) is 11.5 Å². The molecule has 0 saturated carbocycles. The predicted octanol–water partition coefficient (Wildman–Crippen LogP) is -0.320. The number of carboxylic acids is 1. The molecule has 0 fully saturated rings. The van der Waals surface area contributed by atoms with Crippen LogP contribution in [-0.2, 0) is 4.79 Å². The summed E-state index contributed by atoms with van der Waals surface area (Å²) in [5.74, 6) is 0.0483. The molecule has 6 heteroatoms. The van der Waals surface area contributed by atoms with Gasteiger partial charge < -0.3 is 5.11 Å². The summed E-state index contributed by atoms with van der Waals surface area (Å²) >= 11 is 0. The first-order chi connectivity index (χ1) is 6.13. The highest BCUT2D eigenvalue weighted by Crippen LogP contribution is 2.04. The summed E-state index contributed by atoms with van der Waals surface area (Å²) in [6.07, 6.45) is 4.77. The van der Waals surface area contributed by atoms with Crippen molar-refractivity contribution < 1.29 is 14.7 Å². The number of anilines is 1. The number of H-pyrrole nitrogens is 1. The standard InChI is InChI=1S/C7H5N3O3/c1-2-6(11)8-5-3-4(7(12)13)9-10-5/h1,3H,(H,12,13)(H2,8,9,10,11). The van der Waals surface area contributed by atoms with Crippen LogP contribution in [0.15, 0.2) is 6.07 Å². The van der Waals surface area contributed by atoms with Crippen molar-refractivity contribution in [2.75, 3.05) is 5.32 Å². The van der Waals surface area contributed by atoms with Crippen LogP contribution in [0.1, 0.15) is 10.5 Å². The Morgan fingerprint density at radius 1 is 1.69 bits per heavy atom. The largest absolute Gasteiger partial charge is 0.477 e. The molecular formula is C7H5N3O3. The predicted molar refractivity (Wildman–Crippen MR) is 43.0 cm³/mol. The topological polar surface area (TPSA) is 95.1 Å². The Hall–Kier alpha value is -2.29. The average molecular weight is 179 g/mol. The van der Waals surface area contributed by atoms with Crippen LogP contribution in [0.3, 0.4) is 0 Å². The number of hydrogen-bond acceptors (Lipinski definition) is 3. The molecule has 0 saturated heterocycles. The lowest BCUT2D eigenvalue weighted by Crippen LogP contribution is -2.08. The smallest absolute Gasteiger partial charge is 0.353 e. The van der Waals surface area contributed by atoms with Gasteiger partial charge in [-0.25, -0.2) is 4.79 Å². The van der Waals surface area contributed by atoms with Crippen molar-refractivity contribution in [1.82, 2.24) is 10.2 Å². The van der Waals surface area contributed by atoms with E-state index < -0.39 is 11.9 Å². The highest BCUT2D eigenvalue weighted by atomic mass is 16.4. The lowest BCUT2D eigenvalue weighted by molar-refractivity contribution is -0.111. The molecule has 0 aliphatic heterocycles. The maximum atomic E-state index is 10.6. The molecule has 6 nitrogen and oxygen atoms in total. The first-order valence-corrected chi connectivity index (χ1v) is 3.20. The van der Waals surface area contributed by atoms with Gasteiger partial charge in [0.25, 0.3) is 0 Å². The summed E-state index contributed by atoms with van der Waals surface area (Å²) in [6.45, 7) is 0. The number of carbonyl (C=O) groups is 2. The molecule has 0 radical (unpaired) electrons. The molecule has 1 aromatic rings. The van der Waals surface area contributed by atoms with E-state index in [0.29, 0.717) is 0 Å². The maximum absolute atomic E-state index is 10.6. The van der Waals surface area contributed by atoms with Gasteiger partial charge in [-0.15, -0.1) is 6.42 Å². The third-order valence-corrected chi connectivity index (χ3v) is 1.18. The van der Waals surface area contributed by atoms with Crippen molar-refractivity contribution in [3.63, 3.8) is 0 Å². The van der Waals surface area contributed by atoms with Gasteiger partial charge in [0.2, 0.25) is 0 Å². The third kappa shape index (κ3) is 2.07. The minimum absolute atomic E-state index is 0.0837. The number of aromatic nitrogens is 2. The molecule has 0 spiro atoms. The fourth-order valence-electron chi connectivity index (χ4n) is 0.648. The van der Waals surface area contributed by atoms with E-state index in [-0.39, 0.29) is 11.5 Å². The molecule has 0 atom stereocenters. The van der Waals surface area contributed by atoms with Gasteiger partial charge in [-0.05, 0) is 5.92 Å². The molecule has 66 valence electrons. The number of carbonyl (C=O) groups excluding carboxylic acids is 1. The van der Waals surface area contributed by atoms with Crippen molar-refractivity contribution in [3.8, 4) is 12.3 Å². The third-order valence-electron chi connectivity index (χ3n) is 1.18. The molecule has 13 heavy (non-hydrogen) atoms. The lowest BCUT2D eigenvalue weighted by Gasteiger charge is -1.90. The summed E-state index contributed by atoms with van der Waals surface area (Å²) in [6, 6.07) is 1.16. The monoisotopic (exact) mass is 179 g/mol. The molecule has 0 bridgehead atoms. The van der Waals surface area contributed by atoms with Gasteiger partial charge in [-0.2, -0.15) is 5.10 Å². The molecule has 1 aromatic heterocycles. The van der Waals surface area contributed by atoms with Crippen LogP contribution in [-0.4, -0.2) is 27.2 Å². The van der Waals surface area contributed by atoms with Gasteiger partial charge in [0, 0.05) is 6.07 Å². The summed E-state index contributed by atoms with van der Waals surface area (Å²) in [5.41, 5.74) is -0.118. The van der Waals surface area contributed by atoms with E-state index in [1.54, 1.807) is 5.92 Å². The lowest BCUT2D eigenvalue weighted by atomic mass is 10.4. The van der Waals surface area contributed by atoms with Crippen LogP contribution in [0.5, 0.6) is 0 Å². The molecule has 1 amide bonds. The molecule has 1 heterocycles. The number of rotatable bonds is 2. The fraction of sp³-hybridized carbons (Fsp3) is 0. The van der Waals surface area contributed by atoms with Crippen molar-refractivity contribution >= 4 is 17.7 Å². The molecular weight excluding hydrogens is 174 g/mol. The van der Waals surface area contributed by atoms with Gasteiger partial charge >= 0.3 is 11.9 Å². The van der Waals surface area contributed by atoms with Crippen LogP contribution < -0.4 is 5.32 Å². The van der Waals surface area contributed by atoms with E-state index in [1.165, 1.54) is 0 Å². The fourth-order valence-corrected chi connectivity index (χ4v) is 0.648. The van der Waals surface area contributed by atoms with E-state index >= 15 is 0 Å². The normalized spacial score (nSPS) is 8.85. The highest BCUT2D eigenvalue weighted by Gasteiger charge is 2.08. The average Bonchev–Trinajstić information content (AvgIpc) is 2.52. The molecule has 3 N–H and O–H groups in total. The molecule has 0 aromatic carbocycles. The maximum Gasteiger partial charge on any atom is 0.353 e. The van der Waals surface area contributed by atoms with E-state index in [9.17, 15) is 9.59 Å². The SMILES string of the molecule is C#CC(=O)Nc1cc(C(=O)O)[nH]n1. The number of terminal acetylenes is 1. The number of aromatic amines is 1. The van der Waals surface area contributed by atoms with E-state index in [0.717, 1.165) is 6.07 Å². The van der Waals surface area contributed by atoms with Crippen molar-refractivity contribution in [1.29, 1.82) is 0 Å². The summed E-state index contributed by atoms with van der Waals surface area (Å²) in [7, 11) is 0. The number of carboxylic acid groups (broad SMARTS) is 1. The number of aromatic carboxylic acids is 1. The molecule has 1 rings (SSSR count). The summed E-state index contributed by atoms with van der Waals surface area (Å²) < 4.78 is 0. The first-order valence-electron chi connectivity index (χ1n) is 3.20. The molecule has 0 aliphatic rings. The Morgan fingerprint density at radius 2 is 2.38 bits per heavy atom. The van der Waals surface area contributed by atoms with Crippen molar-refractivity contribution in [2.24, 2.45) is 0 Å². The number of amides is 1. The van der Waals surface area contributed by atoms with Gasteiger partial charge in [-0.3, -0.25) is 15.2 Å². The van der Waals surface area contributed by atoms with Gasteiger partial charge in [-0.1, -0.05) is 0 Å². The van der Waals surface area contributed by atoms with Gasteiger partial charge in [0.1, 0.15) is 5.69 Å². The molecule has 0 aliphatic carbocycles. The Morgan fingerprint density at radius 3 is 2.85 bits per heavy atom. The second-order valence-electron chi connectivity index (χ2n) is 2.07. The zero-order chi connectivity index (χ0) is 9.84. The van der Waals surface area contributed by atoms with E-state index in [2.05, 4.69) is 15.5 Å².